The minimum absolute atomic E-state index is 0.571. The molecule has 1 aliphatic heterocycles. The Balaban J connectivity index is 2.05. The normalized spacial score (nSPS) is 16.6. The molecule has 1 aliphatic rings. The van der Waals surface area contributed by atoms with Crippen LogP contribution in [0.25, 0.3) is 0 Å². The van der Waals surface area contributed by atoms with Gasteiger partial charge in [-0.1, -0.05) is 6.92 Å². The van der Waals surface area contributed by atoms with Gasteiger partial charge in [0.25, 0.3) is 0 Å². The van der Waals surface area contributed by atoms with Crippen LogP contribution in [0.15, 0.2) is 0 Å². The molecule has 0 saturated carbocycles. The molecule has 1 saturated heterocycles. The van der Waals surface area contributed by atoms with Crippen LogP contribution < -0.4 is 15.5 Å². The van der Waals surface area contributed by atoms with E-state index in [1.165, 1.54) is 0 Å². The van der Waals surface area contributed by atoms with Crippen molar-refractivity contribution >= 4 is 29.6 Å². The predicted molar refractivity (Wildman–Crippen MR) is 88.4 cm³/mol. The van der Waals surface area contributed by atoms with E-state index in [4.69, 9.17) is 4.74 Å². The molecule has 2 heterocycles. The van der Waals surface area contributed by atoms with Crippen molar-refractivity contribution in [3.05, 3.63) is 0 Å². The van der Waals surface area contributed by atoms with Crippen molar-refractivity contribution < 1.29 is 4.74 Å². The van der Waals surface area contributed by atoms with E-state index >= 15 is 0 Å². The second-order valence-electron chi connectivity index (χ2n) is 5.07. The summed E-state index contributed by atoms with van der Waals surface area (Å²) in [4.78, 5) is 15.5. The summed E-state index contributed by atoms with van der Waals surface area (Å²) >= 11 is 1.85. The lowest BCUT2D eigenvalue weighted by Gasteiger charge is -2.27. The number of hydrogen-bond acceptors (Lipinski definition) is 8. The van der Waals surface area contributed by atoms with Crippen LogP contribution in [-0.2, 0) is 4.74 Å². The standard InChI is InChI=1S/C13H24N6OS/c1-10(9-21-3)8-15-12-16-11(14-2)17-13(18-12)19-4-6-20-7-5-19/h10H,4-9H2,1-3H3,(H2,14,15,16,17,18). The molecule has 0 radical (unpaired) electrons. The summed E-state index contributed by atoms with van der Waals surface area (Å²) in [5, 5.41) is 6.31. The molecule has 7 nitrogen and oxygen atoms in total. The largest absolute Gasteiger partial charge is 0.378 e. The van der Waals surface area contributed by atoms with Crippen molar-refractivity contribution in [2.75, 3.05) is 67.4 Å². The smallest absolute Gasteiger partial charge is 0.232 e. The number of rotatable bonds is 7. The van der Waals surface area contributed by atoms with Gasteiger partial charge in [0.2, 0.25) is 17.8 Å². The minimum Gasteiger partial charge on any atom is -0.378 e. The van der Waals surface area contributed by atoms with Crippen LogP contribution in [0.1, 0.15) is 6.92 Å². The summed E-state index contributed by atoms with van der Waals surface area (Å²) in [6.45, 7) is 6.14. The average Bonchev–Trinajstić information content (AvgIpc) is 2.54. The molecular weight excluding hydrogens is 288 g/mol. The highest BCUT2D eigenvalue weighted by Gasteiger charge is 2.16. The Bertz CT molecular complexity index is 441. The number of nitrogens with one attached hydrogen (secondary N) is 2. The summed E-state index contributed by atoms with van der Waals surface area (Å²) in [6, 6.07) is 0. The first-order chi connectivity index (χ1) is 10.2. The number of morpholine rings is 1. The van der Waals surface area contributed by atoms with Gasteiger partial charge < -0.3 is 20.3 Å². The van der Waals surface area contributed by atoms with E-state index in [0.29, 0.717) is 37.0 Å². The fraction of sp³-hybridized carbons (Fsp3) is 0.769. The molecule has 1 aromatic heterocycles. The molecule has 2 N–H and O–H groups in total. The zero-order chi connectivity index (χ0) is 15.1. The monoisotopic (exact) mass is 312 g/mol. The van der Waals surface area contributed by atoms with E-state index in [2.05, 4.69) is 43.7 Å². The Morgan fingerprint density at radius 2 is 1.95 bits per heavy atom. The van der Waals surface area contributed by atoms with Crippen LogP contribution in [0.2, 0.25) is 0 Å². The Labute approximate surface area is 130 Å². The second kappa shape index (κ2) is 8.23. The summed E-state index contributed by atoms with van der Waals surface area (Å²) < 4.78 is 5.37. The summed E-state index contributed by atoms with van der Waals surface area (Å²) in [6.07, 6.45) is 2.12. The van der Waals surface area contributed by atoms with Crippen molar-refractivity contribution in [1.29, 1.82) is 0 Å². The van der Waals surface area contributed by atoms with Gasteiger partial charge in [-0.2, -0.15) is 26.7 Å². The van der Waals surface area contributed by atoms with Gasteiger partial charge in [0.15, 0.2) is 0 Å². The minimum atomic E-state index is 0.571. The predicted octanol–water partition coefficient (Wildman–Crippen LogP) is 1.16. The van der Waals surface area contributed by atoms with Gasteiger partial charge in [-0.05, 0) is 17.9 Å². The molecule has 2 rings (SSSR count). The Morgan fingerprint density at radius 3 is 2.62 bits per heavy atom. The van der Waals surface area contributed by atoms with E-state index in [0.717, 1.165) is 25.4 Å². The average molecular weight is 312 g/mol. The summed E-state index contributed by atoms with van der Waals surface area (Å²) in [5.41, 5.74) is 0. The van der Waals surface area contributed by atoms with E-state index in [1.54, 1.807) is 0 Å². The lowest BCUT2D eigenvalue weighted by atomic mass is 10.2. The Kier molecular flexibility index (Phi) is 6.31. The maximum absolute atomic E-state index is 5.37. The van der Waals surface area contributed by atoms with Crippen molar-refractivity contribution in [2.45, 2.75) is 6.92 Å². The molecule has 0 aliphatic carbocycles. The molecule has 1 aromatic rings. The fourth-order valence-corrected chi connectivity index (χ4v) is 2.76. The van der Waals surface area contributed by atoms with Crippen LogP contribution in [0.4, 0.5) is 17.8 Å². The van der Waals surface area contributed by atoms with E-state index in [1.807, 2.05) is 18.8 Å². The van der Waals surface area contributed by atoms with Gasteiger partial charge in [0.1, 0.15) is 0 Å². The maximum atomic E-state index is 5.37. The van der Waals surface area contributed by atoms with Crippen molar-refractivity contribution in [3.8, 4) is 0 Å². The Hall–Kier alpha value is -1.28. The number of aromatic nitrogens is 3. The third-order valence-electron chi connectivity index (χ3n) is 3.20. The molecule has 8 heteroatoms. The van der Waals surface area contributed by atoms with Gasteiger partial charge in [-0.15, -0.1) is 0 Å². The SMILES string of the molecule is CNc1nc(NCC(C)CSC)nc(N2CCOCC2)n1. The van der Waals surface area contributed by atoms with Crippen LogP contribution in [0.3, 0.4) is 0 Å². The molecule has 1 atom stereocenters. The number of nitrogens with zero attached hydrogens (tertiary/aromatic N) is 4. The lowest BCUT2D eigenvalue weighted by molar-refractivity contribution is 0.122. The molecule has 0 bridgehead atoms. The highest BCUT2D eigenvalue weighted by atomic mass is 32.2. The molecule has 0 amide bonds. The highest BCUT2D eigenvalue weighted by Crippen LogP contribution is 2.15. The van der Waals surface area contributed by atoms with Gasteiger partial charge >= 0.3 is 0 Å². The van der Waals surface area contributed by atoms with E-state index in [-0.39, 0.29) is 0 Å². The Morgan fingerprint density at radius 1 is 1.24 bits per heavy atom. The summed E-state index contributed by atoms with van der Waals surface area (Å²) in [5.74, 6) is 3.61. The number of thioether (sulfide) groups is 1. The van der Waals surface area contributed by atoms with Crippen LogP contribution in [0, 0.1) is 5.92 Å². The molecule has 21 heavy (non-hydrogen) atoms. The van der Waals surface area contributed by atoms with Crippen molar-refractivity contribution in [3.63, 3.8) is 0 Å². The van der Waals surface area contributed by atoms with E-state index < -0.39 is 0 Å². The fourth-order valence-electron chi connectivity index (χ4n) is 2.07. The van der Waals surface area contributed by atoms with Crippen molar-refractivity contribution in [2.24, 2.45) is 5.92 Å². The highest BCUT2D eigenvalue weighted by molar-refractivity contribution is 7.98. The van der Waals surface area contributed by atoms with Crippen molar-refractivity contribution in [1.82, 2.24) is 15.0 Å². The number of hydrogen-bond donors (Lipinski definition) is 2. The zero-order valence-corrected chi connectivity index (χ0v) is 13.7. The molecule has 0 spiro atoms. The molecule has 1 fully saturated rings. The van der Waals surface area contributed by atoms with Crippen LogP contribution in [0.5, 0.6) is 0 Å². The molecular formula is C13H24N6OS. The second-order valence-corrected chi connectivity index (χ2v) is 5.98. The third-order valence-corrected chi connectivity index (χ3v) is 4.10. The quantitative estimate of drug-likeness (QED) is 0.777. The molecule has 118 valence electrons. The molecule has 0 aromatic carbocycles. The van der Waals surface area contributed by atoms with Crippen LogP contribution in [-0.4, -0.2) is 66.9 Å². The first-order valence-corrected chi connectivity index (χ1v) is 8.61. The number of anilines is 3. The topological polar surface area (TPSA) is 75.2 Å². The van der Waals surface area contributed by atoms with Gasteiger partial charge in [-0.25, -0.2) is 0 Å². The first kappa shape index (κ1) is 16.1. The first-order valence-electron chi connectivity index (χ1n) is 7.22. The zero-order valence-electron chi connectivity index (χ0n) is 12.9. The third kappa shape index (κ3) is 4.89. The van der Waals surface area contributed by atoms with Gasteiger partial charge in [0.05, 0.1) is 13.2 Å². The summed E-state index contributed by atoms with van der Waals surface area (Å²) in [7, 11) is 1.82. The lowest BCUT2D eigenvalue weighted by Crippen LogP contribution is -2.37. The molecule has 1 unspecified atom stereocenters. The maximum Gasteiger partial charge on any atom is 0.232 e. The van der Waals surface area contributed by atoms with Gasteiger partial charge in [0, 0.05) is 26.7 Å². The van der Waals surface area contributed by atoms with Crippen LogP contribution >= 0.6 is 11.8 Å². The van der Waals surface area contributed by atoms with Gasteiger partial charge in [-0.3, -0.25) is 0 Å². The van der Waals surface area contributed by atoms with E-state index in [9.17, 15) is 0 Å². The number of ether oxygens (including phenoxy) is 1.